The molecule has 0 bridgehead atoms. The first kappa shape index (κ1) is 19.4. The normalized spacial score (nSPS) is 19.8. The van der Waals surface area contributed by atoms with Gasteiger partial charge in [0.15, 0.2) is 0 Å². The zero-order chi connectivity index (χ0) is 19.2. The van der Waals surface area contributed by atoms with E-state index < -0.39 is 5.97 Å². The summed E-state index contributed by atoms with van der Waals surface area (Å²) in [5.74, 6) is 0.109. The van der Waals surface area contributed by atoms with Crippen LogP contribution in [0.3, 0.4) is 0 Å². The molecular weight excluding hydrogens is 344 g/mol. The lowest BCUT2D eigenvalue weighted by Gasteiger charge is -2.33. The Labute approximate surface area is 160 Å². The van der Waals surface area contributed by atoms with E-state index in [1.165, 1.54) is 7.11 Å². The summed E-state index contributed by atoms with van der Waals surface area (Å²) < 4.78 is 4.73. The maximum Gasteiger partial charge on any atom is 0.337 e. The summed E-state index contributed by atoms with van der Waals surface area (Å²) in [6.45, 7) is 3.18. The van der Waals surface area contributed by atoms with Crippen molar-refractivity contribution >= 4 is 17.8 Å². The number of benzene rings is 1. The van der Waals surface area contributed by atoms with Crippen molar-refractivity contribution in [2.24, 2.45) is 5.92 Å². The molecule has 146 valence electrons. The number of rotatable bonds is 5. The Morgan fingerprint density at radius 2 is 1.74 bits per heavy atom. The number of ether oxygens (including phenoxy) is 1. The minimum absolute atomic E-state index is 0.0590. The molecule has 2 heterocycles. The summed E-state index contributed by atoms with van der Waals surface area (Å²) >= 11 is 0. The van der Waals surface area contributed by atoms with Gasteiger partial charge in [0, 0.05) is 38.2 Å². The first-order valence-electron chi connectivity index (χ1n) is 9.84. The quantitative estimate of drug-likeness (QED) is 0.746. The van der Waals surface area contributed by atoms with Crippen LogP contribution in [0.4, 0.5) is 0 Å². The monoisotopic (exact) mass is 372 g/mol. The molecule has 0 spiro atoms. The number of methoxy groups -OCH3 is 1. The third-order valence-electron chi connectivity index (χ3n) is 5.56. The fourth-order valence-electron chi connectivity index (χ4n) is 4.02. The van der Waals surface area contributed by atoms with Crippen LogP contribution in [0.1, 0.15) is 59.2 Å². The van der Waals surface area contributed by atoms with Crippen molar-refractivity contribution in [2.75, 3.05) is 33.3 Å². The van der Waals surface area contributed by atoms with E-state index in [9.17, 15) is 14.4 Å². The lowest BCUT2D eigenvalue weighted by Crippen LogP contribution is -2.40. The molecule has 6 heteroatoms. The average molecular weight is 372 g/mol. The van der Waals surface area contributed by atoms with Crippen molar-refractivity contribution in [3.63, 3.8) is 0 Å². The van der Waals surface area contributed by atoms with Gasteiger partial charge in [-0.1, -0.05) is 6.07 Å². The van der Waals surface area contributed by atoms with Gasteiger partial charge in [0.05, 0.1) is 12.7 Å². The highest BCUT2D eigenvalue weighted by Gasteiger charge is 2.26. The van der Waals surface area contributed by atoms with E-state index in [2.05, 4.69) is 0 Å². The fraction of sp³-hybridized carbons (Fsp3) is 0.571. The summed E-state index contributed by atoms with van der Waals surface area (Å²) in [6, 6.07) is 6.67. The van der Waals surface area contributed by atoms with Crippen LogP contribution >= 0.6 is 0 Å². The third kappa shape index (κ3) is 4.87. The van der Waals surface area contributed by atoms with Gasteiger partial charge >= 0.3 is 5.97 Å². The molecule has 6 nitrogen and oxygen atoms in total. The van der Waals surface area contributed by atoms with E-state index >= 15 is 0 Å². The predicted molar refractivity (Wildman–Crippen MR) is 101 cm³/mol. The summed E-state index contributed by atoms with van der Waals surface area (Å²) in [5, 5.41) is 0. The van der Waals surface area contributed by atoms with E-state index in [0.29, 0.717) is 30.0 Å². The Morgan fingerprint density at radius 1 is 1.04 bits per heavy atom. The van der Waals surface area contributed by atoms with E-state index in [-0.39, 0.29) is 11.8 Å². The first-order chi connectivity index (χ1) is 13.1. The van der Waals surface area contributed by atoms with E-state index in [4.69, 9.17) is 4.74 Å². The molecule has 0 N–H and O–H groups in total. The first-order valence-corrected chi connectivity index (χ1v) is 9.84. The van der Waals surface area contributed by atoms with Gasteiger partial charge in [0.1, 0.15) is 0 Å². The van der Waals surface area contributed by atoms with Crippen LogP contribution in [0.2, 0.25) is 0 Å². The number of hydrogen-bond donors (Lipinski definition) is 0. The van der Waals surface area contributed by atoms with Crippen LogP contribution < -0.4 is 0 Å². The highest BCUT2D eigenvalue weighted by Crippen LogP contribution is 2.24. The molecule has 1 aromatic carbocycles. The van der Waals surface area contributed by atoms with Crippen molar-refractivity contribution in [2.45, 2.75) is 38.5 Å². The maximum absolute atomic E-state index is 12.9. The molecule has 0 aliphatic carbocycles. The largest absolute Gasteiger partial charge is 0.465 e. The van der Waals surface area contributed by atoms with Crippen molar-refractivity contribution in [1.82, 2.24) is 9.80 Å². The zero-order valence-corrected chi connectivity index (χ0v) is 16.0. The van der Waals surface area contributed by atoms with Crippen molar-refractivity contribution in [3.8, 4) is 0 Å². The highest BCUT2D eigenvalue weighted by molar-refractivity contribution is 5.98. The molecule has 2 saturated heterocycles. The molecule has 0 saturated carbocycles. The molecule has 0 aromatic heterocycles. The average Bonchev–Trinajstić information content (AvgIpc) is 3.26. The van der Waals surface area contributed by atoms with Crippen molar-refractivity contribution in [3.05, 3.63) is 35.4 Å². The second-order valence-corrected chi connectivity index (χ2v) is 7.46. The number of amides is 2. The molecule has 3 rings (SSSR count). The van der Waals surface area contributed by atoms with Gasteiger partial charge < -0.3 is 14.5 Å². The van der Waals surface area contributed by atoms with Gasteiger partial charge in [-0.2, -0.15) is 0 Å². The predicted octanol–water partition coefficient (Wildman–Crippen LogP) is 2.73. The topological polar surface area (TPSA) is 66.9 Å². The van der Waals surface area contributed by atoms with Gasteiger partial charge in [-0.05, 0) is 56.2 Å². The van der Waals surface area contributed by atoms with Gasteiger partial charge in [0.2, 0.25) is 5.91 Å². The van der Waals surface area contributed by atoms with E-state index in [1.54, 1.807) is 24.3 Å². The van der Waals surface area contributed by atoms with Crippen LogP contribution in [0.15, 0.2) is 24.3 Å². The van der Waals surface area contributed by atoms with Crippen LogP contribution in [0.25, 0.3) is 0 Å². The molecule has 0 radical (unpaired) electrons. The molecule has 2 aliphatic heterocycles. The lowest BCUT2D eigenvalue weighted by atomic mass is 9.92. The SMILES string of the molecule is COC(=O)c1cccc(C(=O)N2CCC[C@H](CCC(=O)N3CCCC3)C2)c1. The Morgan fingerprint density at radius 3 is 2.48 bits per heavy atom. The maximum atomic E-state index is 12.9. The Hall–Kier alpha value is -2.37. The summed E-state index contributed by atoms with van der Waals surface area (Å²) in [5.41, 5.74) is 0.889. The van der Waals surface area contributed by atoms with E-state index in [1.807, 2.05) is 9.80 Å². The van der Waals surface area contributed by atoms with Gasteiger partial charge in [-0.25, -0.2) is 4.79 Å². The van der Waals surface area contributed by atoms with Gasteiger partial charge in [-0.15, -0.1) is 0 Å². The van der Waals surface area contributed by atoms with Crippen LogP contribution in [0.5, 0.6) is 0 Å². The van der Waals surface area contributed by atoms with Crippen molar-refractivity contribution < 1.29 is 19.1 Å². The molecule has 27 heavy (non-hydrogen) atoms. The van der Waals surface area contributed by atoms with Crippen LogP contribution in [0, 0.1) is 5.92 Å². The second-order valence-electron chi connectivity index (χ2n) is 7.46. The standard InChI is InChI=1S/C21H28N2O4/c1-27-21(26)18-8-4-7-17(14-18)20(25)23-13-5-6-16(15-23)9-10-19(24)22-11-2-3-12-22/h4,7-8,14,16H,2-3,5-6,9-13,15H2,1H3/t16-/m1/s1. The minimum Gasteiger partial charge on any atom is -0.465 e. The molecule has 2 aliphatic rings. The highest BCUT2D eigenvalue weighted by atomic mass is 16.5. The third-order valence-corrected chi connectivity index (χ3v) is 5.56. The molecule has 2 fully saturated rings. The number of carbonyl (C=O) groups excluding carboxylic acids is 3. The van der Waals surface area contributed by atoms with Crippen molar-refractivity contribution in [1.29, 1.82) is 0 Å². The molecular formula is C21H28N2O4. The number of piperidine rings is 1. The van der Waals surface area contributed by atoms with Gasteiger partial charge in [-0.3, -0.25) is 9.59 Å². The fourth-order valence-corrected chi connectivity index (χ4v) is 4.02. The lowest BCUT2D eigenvalue weighted by molar-refractivity contribution is -0.130. The molecule has 0 unspecified atom stereocenters. The van der Waals surface area contributed by atoms with Crippen LogP contribution in [-0.4, -0.2) is 60.9 Å². The number of hydrogen-bond acceptors (Lipinski definition) is 4. The second kappa shape index (κ2) is 9.02. The van der Waals surface area contributed by atoms with E-state index in [0.717, 1.165) is 51.7 Å². The summed E-state index contributed by atoms with van der Waals surface area (Å²) in [4.78, 5) is 40.6. The molecule has 2 amide bonds. The summed E-state index contributed by atoms with van der Waals surface area (Å²) in [7, 11) is 1.33. The number of nitrogens with zero attached hydrogens (tertiary/aromatic N) is 2. The number of esters is 1. The number of likely N-dealkylation sites (tertiary alicyclic amines) is 2. The van der Waals surface area contributed by atoms with Crippen LogP contribution in [-0.2, 0) is 9.53 Å². The Kier molecular flexibility index (Phi) is 6.48. The molecule has 1 aromatic rings. The number of carbonyl (C=O) groups is 3. The minimum atomic E-state index is -0.443. The Bertz CT molecular complexity index is 697. The Balaban J connectivity index is 1.56. The summed E-state index contributed by atoms with van der Waals surface area (Å²) in [6.07, 6.45) is 5.64. The van der Waals surface area contributed by atoms with Gasteiger partial charge in [0.25, 0.3) is 5.91 Å². The zero-order valence-electron chi connectivity index (χ0n) is 16.0. The smallest absolute Gasteiger partial charge is 0.337 e. The molecule has 1 atom stereocenters.